The number of esters is 1. The van der Waals surface area contributed by atoms with E-state index in [9.17, 15) is 15.0 Å². The van der Waals surface area contributed by atoms with Gasteiger partial charge in [0.05, 0.1) is 19.3 Å². The molecule has 0 aliphatic heterocycles. The molecule has 2 aliphatic carbocycles. The Labute approximate surface area is 158 Å². The van der Waals surface area contributed by atoms with Gasteiger partial charge in [-0.25, -0.2) is 0 Å². The van der Waals surface area contributed by atoms with E-state index in [0.29, 0.717) is 18.3 Å². The highest BCUT2D eigenvalue weighted by molar-refractivity contribution is 5.69. The number of aliphatic hydroxyl groups excluding tert-OH is 2. The van der Waals surface area contributed by atoms with Gasteiger partial charge in [0.15, 0.2) is 0 Å². The van der Waals surface area contributed by atoms with Crippen molar-refractivity contribution in [3.63, 3.8) is 0 Å². The number of hydrogen-bond acceptors (Lipinski definition) is 4. The third-order valence-corrected chi connectivity index (χ3v) is 6.02. The minimum atomic E-state index is -0.387. The summed E-state index contributed by atoms with van der Waals surface area (Å²) in [5, 5.41) is 20.5. The molecule has 0 saturated heterocycles. The van der Waals surface area contributed by atoms with E-state index in [1.165, 1.54) is 12.7 Å². The van der Waals surface area contributed by atoms with Gasteiger partial charge in [-0.15, -0.1) is 0 Å². The van der Waals surface area contributed by atoms with Crippen molar-refractivity contribution < 1.29 is 19.7 Å². The van der Waals surface area contributed by atoms with Gasteiger partial charge < -0.3 is 14.9 Å². The number of methoxy groups -OCH3 is 1. The lowest BCUT2D eigenvalue weighted by atomic mass is 9.90. The third kappa shape index (κ3) is 6.24. The van der Waals surface area contributed by atoms with Crippen LogP contribution in [-0.4, -0.2) is 35.5 Å². The van der Waals surface area contributed by atoms with Crippen LogP contribution in [0.5, 0.6) is 0 Å². The summed E-state index contributed by atoms with van der Waals surface area (Å²) in [5.41, 5.74) is 1.47. The van der Waals surface area contributed by atoms with Crippen molar-refractivity contribution in [1.29, 1.82) is 0 Å². The molecule has 5 atom stereocenters. The zero-order valence-electron chi connectivity index (χ0n) is 16.4. The summed E-state index contributed by atoms with van der Waals surface area (Å²) < 4.78 is 4.67. The van der Waals surface area contributed by atoms with Crippen LogP contribution in [0.3, 0.4) is 0 Å². The number of allylic oxidation sites excluding steroid dienone is 2. The van der Waals surface area contributed by atoms with E-state index < -0.39 is 0 Å². The highest BCUT2D eigenvalue weighted by Gasteiger charge is 2.44. The zero-order valence-corrected chi connectivity index (χ0v) is 16.4. The van der Waals surface area contributed by atoms with Gasteiger partial charge in [-0.3, -0.25) is 4.79 Å². The molecule has 2 aliphatic rings. The number of aliphatic hydroxyl groups is 2. The van der Waals surface area contributed by atoms with Crippen molar-refractivity contribution in [1.82, 2.24) is 0 Å². The molecule has 4 nitrogen and oxygen atoms in total. The lowest BCUT2D eigenvalue weighted by Gasteiger charge is -2.17. The standard InChI is InChI=1S/C22H36O4/c1-3-4-5-9-18(23)11-12-19-20-14-16(13-17(20)15-21(19)24)8-6-7-10-22(25)26-2/h8,11-12,17-21,23-24H,3-7,9-10,13-15H2,1-2H3/b12-11+,16-8+. The summed E-state index contributed by atoms with van der Waals surface area (Å²) >= 11 is 0. The SMILES string of the molecule is CCCCCC(O)/C=C/C1C(O)CC2C/C(=C\CCCC(=O)OC)CC21. The molecule has 0 amide bonds. The molecular formula is C22H36O4. The Balaban J connectivity index is 1.81. The Morgan fingerprint density at radius 3 is 2.85 bits per heavy atom. The van der Waals surface area contributed by atoms with Crippen LogP contribution in [0.4, 0.5) is 0 Å². The number of unbranched alkanes of at least 4 members (excludes halogenated alkanes) is 3. The number of rotatable bonds is 10. The predicted octanol–water partition coefficient (Wildman–Crippen LogP) is 4.16. The van der Waals surface area contributed by atoms with Gasteiger partial charge in [0.1, 0.15) is 0 Å². The van der Waals surface area contributed by atoms with E-state index in [1.54, 1.807) is 0 Å². The van der Waals surface area contributed by atoms with Gasteiger partial charge in [-0.2, -0.15) is 0 Å². The Morgan fingerprint density at radius 2 is 2.12 bits per heavy atom. The molecule has 2 saturated carbocycles. The van der Waals surface area contributed by atoms with E-state index in [2.05, 4.69) is 23.8 Å². The van der Waals surface area contributed by atoms with Crippen molar-refractivity contribution in [2.24, 2.45) is 17.8 Å². The number of carbonyl (C=O) groups excluding carboxylic acids is 1. The van der Waals surface area contributed by atoms with Crippen molar-refractivity contribution in [3.8, 4) is 0 Å². The van der Waals surface area contributed by atoms with Gasteiger partial charge in [0, 0.05) is 12.3 Å². The summed E-state index contributed by atoms with van der Waals surface area (Å²) in [6.07, 6.45) is 15.0. The highest BCUT2D eigenvalue weighted by Crippen LogP contribution is 2.50. The number of ether oxygens (including phenoxy) is 1. The normalized spacial score (nSPS) is 30.8. The van der Waals surface area contributed by atoms with Crippen LogP contribution in [0.2, 0.25) is 0 Å². The smallest absolute Gasteiger partial charge is 0.305 e. The molecule has 26 heavy (non-hydrogen) atoms. The number of fused-ring (bicyclic) bond motifs is 1. The fraction of sp³-hybridized carbons (Fsp3) is 0.773. The van der Waals surface area contributed by atoms with E-state index >= 15 is 0 Å². The molecule has 0 heterocycles. The second-order valence-corrected chi connectivity index (χ2v) is 7.99. The molecule has 0 aromatic carbocycles. The number of carbonyl (C=O) groups is 1. The van der Waals surface area contributed by atoms with Gasteiger partial charge in [0.2, 0.25) is 0 Å². The summed E-state index contributed by atoms with van der Waals surface area (Å²) in [6, 6.07) is 0. The fourth-order valence-electron chi connectivity index (χ4n) is 4.55. The fourth-order valence-corrected chi connectivity index (χ4v) is 4.55. The van der Waals surface area contributed by atoms with Crippen LogP contribution >= 0.6 is 0 Å². The number of hydrogen-bond donors (Lipinski definition) is 2. The molecular weight excluding hydrogens is 328 g/mol. The van der Waals surface area contributed by atoms with Crippen LogP contribution < -0.4 is 0 Å². The first kappa shape index (κ1) is 21.2. The summed E-state index contributed by atoms with van der Waals surface area (Å²) in [6.45, 7) is 2.16. The highest BCUT2D eigenvalue weighted by atomic mass is 16.5. The maximum Gasteiger partial charge on any atom is 0.305 e. The lowest BCUT2D eigenvalue weighted by Crippen LogP contribution is -2.17. The van der Waals surface area contributed by atoms with Crippen molar-refractivity contribution >= 4 is 5.97 Å². The van der Waals surface area contributed by atoms with Crippen LogP contribution in [0, 0.1) is 17.8 Å². The summed E-state index contributed by atoms with van der Waals surface area (Å²) in [4.78, 5) is 11.2. The molecule has 148 valence electrons. The lowest BCUT2D eigenvalue weighted by molar-refractivity contribution is -0.140. The molecule has 2 N–H and O–H groups in total. The van der Waals surface area contributed by atoms with E-state index in [4.69, 9.17) is 0 Å². The minimum absolute atomic E-state index is 0.141. The molecule has 4 heteroatoms. The predicted molar refractivity (Wildman–Crippen MR) is 104 cm³/mol. The topological polar surface area (TPSA) is 66.8 Å². The first-order valence-corrected chi connectivity index (χ1v) is 10.3. The largest absolute Gasteiger partial charge is 0.469 e. The maximum absolute atomic E-state index is 11.2. The molecule has 2 rings (SSSR count). The van der Waals surface area contributed by atoms with Crippen LogP contribution in [0.25, 0.3) is 0 Å². The van der Waals surface area contributed by atoms with Crippen LogP contribution in [-0.2, 0) is 9.53 Å². The Bertz CT molecular complexity index is 496. The van der Waals surface area contributed by atoms with Crippen molar-refractivity contribution in [2.75, 3.05) is 7.11 Å². The molecule has 0 aromatic heterocycles. The molecule has 0 bridgehead atoms. The first-order valence-electron chi connectivity index (χ1n) is 10.3. The minimum Gasteiger partial charge on any atom is -0.469 e. The Kier molecular flexibility index (Phi) is 8.86. The summed E-state index contributed by atoms with van der Waals surface area (Å²) in [5.74, 6) is 1.08. The average molecular weight is 365 g/mol. The summed E-state index contributed by atoms with van der Waals surface area (Å²) in [7, 11) is 1.43. The third-order valence-electron chi connectivity index (χ3n) is 6.02. The molecule has 5 unspecified atom stereocenters. The second-order valence-electron chi connectivity index (χ2n) is 7.99. The first-order chi connectivity index (χ1) is 12.5. The molecule has 2 fully saturated rings. The Morgan fingerprint density at radius 1 is 1.31 bits per heavy atom. The van der Waals surface area contributed by atoms with Crippen molar-refractivity contribution in [2.45, 2.75) is 83.3 Å². The zero-order chi connectivity index (χ0) is 18.9. The van der Waals surface area contributed by atoms with Gasteiger partial charge in [0.25, 0.3) is 0 Å². The van der Waals surface area contributed by atoms with E-state index in [1.807, 2.05) is 6.08 Å². The van der Waals surface area contributed by atoms with Gasteiger partial charge >= 0.3 is 5.97 Å². The molecule has 0 aromatic rings. The van der Waals surface area contributed by atoms with Crippen molar-refractivity contribution in [3.05, 3.63) is 23.8 Å². The van der Waals surface area contributed by atoms with Crippen LogP contribution in [0.15, 0.2) is 23.8 Å². The second kappa shape index (κ2) is 10.9. The van der Waals surface area contributed by atoms with Crippen LogP contribution in [0.1, 0.15) is 71.1 Å². The molecule has 0 spiro atoms. The monoisotopic (exact) mass is 364 g/mol. The molecule has 0 radical (unpaired) electrons. The average Bonchev–Trinajstić information content (AvgIpc) is 3.13. The Hall–Kier alpha value is -1.13. The van der Waals surface area contributed by atoms with Gasteiger partial charge in [-0.1, -0.05) is 50.0 Å². The quantitative estimate of drug-likeness (QED) is 0.347. The maximum atomic E-state index is 11.2. The van der Waals surface area contributed by atoms with Gasteiger partial charge in [-0.05, 0) is 50.4 Å². The van der Waals surface area contributed by atoms with E-state index in [-0.39, 0.29) is 24.1 Å². The van der Waals surface area contributed by atoms with E-state index in [0.717, 1.165) is 57.8 Å².